The fourth-order valence-electron chi connectivity index (χ4n) is 1.16. The number of pyridine rings is 1. The molecule has 2 N–H and O–H groups in total. The van der Waals surface area contributed by atoms with Gasteiger partial charge in [0.25, 0.3) is 0 Å². The zero-order chi connectivity index (χ0) is 9.97. The SMILES string of the molecule is CC(CO)Nc1nc2ccccn2n1. The molecule has 0 amide bonds. The summed E-state index contributed by atoms with van der Waals surface area (Å²) in [6, 6.07) is 5.64. The molecule has 2 heterocycles. The number of nitrogens with one attached hydrogen (secondary N) is 1. The first kappa shape index (κ1) is 8.96. The van der Waals surface area contributed by atoms with E-state index in [1.807, 2.05) is 31.3 Å². The zero-order valence-electron chi connectivity index (χ0n) is 7.88. The fourth-order valence-corrected chi connectivity index (χ4v) is 1.16. The van der Waals surface area contributed by atoms with Crippen molar-refractivity contribution in [1.82, 2.24) is 14.6 Å². The van der Waals surface area contributed by atoms with E-state index in [9.17, 15) is 0 Å². The number of fused-ring (bicyclic) bond motifs is 1. The molecule has 0 aromatic carbocycles. The minimum atomic E-state index is -0.0348. The lowest BCUT2D eigenvalue weighted by Gasteiger charge is -2.06. The average molecular weight is 192 g/mol. The second kappa shape index (κ2) is 3.63. The number of hydrogen-bond acceptors (Lipinski definition) is 4. The summed E-state index contributed by atoms with van der Waals surface area (Å²) in [5, 5.41) is 16.0. The Balaban J connectivity index is 2.27. The van der Waals surface area contributed by atoms with Gasteiger partial charge in [-0.1, -0.05) is 6.07 Å². The zero-order valence-corrected chi connectivity index (χ0v) is 7.88. The highest BCUT2D eigenvalue weighted by molar-refractivity contribution is 5.43. The summed E-state index contributed by atoms with van der Waals surface area (Å²) in [5.41, 5.74) is 0.792. The Bertz CT molecular complexity index is 392. The number of aliphatic hydroxyl groups excluding tert-OH is 1. The van der Waals surface area contributed by atoms with Gasteiger partial charge in [0, 0.05) is 12.2 Å². The topological polar surface area (TPSA) is 62.5 Å². The molecule has 2 aromatic rings. The fraction of sp³-hybridized carbons (Fsp3) is 0.333. The summed E-state index contributed by atoms with van der Waals surface area (Å²) in [7, 11) is 0. The molecule has 74 valence electrons. The number of anilines is 1. The second-order valence-electron chi connectivity index (χ2n) is 3.17. The normalized spacial score (nSPS) is 13.0. The maximum atomic E-state index is 8.85. The minimum absolute atomic E-state index is 0.0348. The second-order valence-corrected chi connectivity index (χ2v) is 3.17. The van der Waals surface area contributed by atoms with Crippen LogP contribution in [0.5, 0.6) is 0 Å². The van der Waals surface area contributed by atoms with Crippen molar-refractivity contribution in [3.8, 4) is 0 Å². The van der Waals surface area contributed by atoms with Gasteiger partial charge in [-0.3, -0.25) is 0 Å². The number of nitrogens with zero attached hydrogens (tertiary/aromatic N) is 3. The van der Waals surface area contributed by atoms with Crippen molar-refractivity contribution in [1.29, 1.82) is 0 Å². The predicted molar refractivity (Wildman–Crippen MR) is 53.2 cm³/mol. The van der Waals surface area contributed by atoms with Gasteiger partial charge in [0.05, 0.1) is 6.61 Å². The number of hydrogen-bond donors (Lipinski definition) is 2. The summed E-state index contributed by atoms with van der Waals surface area (Å²) in [5.74, 6) is 0.540. The smallest absolute Gasteiger partial charge is 0.243 e. The molecule has 0 saturated carbocycles. The highest BCUT2D eigenvalue weighted by Gasteiger charge is 2.05. The number of aliphatic hydroxyl groups is 1. The molecule has 0 radical (unpaired) electrons. The summed E-state index contributed by atoms with van der Waals surface area (Å²) < 4.78 is 1.69. The molecule has 0 aliphatic rings. The van der Waals surface area contributed by atoms with E-state index in [4.69, 9.17) is 5.11 Å². The van der Waals surface area contributed by atoms with Crippen LogP contribution < -0.4 is 5.32 Å². The first-order chi connectivity index (χ1) is 6.79. The predicted octanol–water partition coefficient (Wildman–Crippen LogP) is 0.522. The first-order valence-electron chi connectivity index (χ1n) is 4.48. The van der Waals surface area contributed by atoms with Crippen LogP contribution in [-0.4, -0.2) is 32.4 Å². The summed E-state index contributed by atoms with van der Waals surface area (Å²) >= 11 is 0. The summed E-state index contributed by atoms with van der Waals surface area (Å²) in [6.07, 6.45) is 1.83. The Labute approximate surface area is 81.4 Å². The molecule has 1 atom stereocenters. The van der Waals surface area contributed by atoms with Crippen molar-refractivity contribution in [3.63, 3.8) is 0 Å². The first-order valence-corrected chi connectivity index (χ1v) is 4.48. The third-order valence-corrected chi connectivity index (χ3v) is 1.89. The molecule has 0 fully saturated rings. The van der Waals surface area contributed by atoms with Crippen LogP contribution in [-0.2, 0) is 0 Å². The minimum Gasteiger partial charge on any atom is -0.394 e. The van der Waals surface area contributed by atoms with E-state index in [0.29, 0.717) is 5.95 Å². The Morgan fingerprint density at radius 1 is 1.57 bits per heavy atom. The van der Waals surface area contributed by atoms with Crippen LogP contribution in [0.15, 0.2) is 24.4 Å². The Kier molecular flexibility index (Phi) is 2.32. The molecule has 5 heteroatoms. The standard InChI is InChI=1S/C9H12N4O/c1-7(6-14)10-9-11-8-4-2-3-5-13(8)12-9/h2-5,7,14H,6H2,1H3,(H,10,12). The van der Waals surface area contributed by atoms with Crippen molar-refractivity contribution >= 4 is 11.6 Å². The monoisotopic (exact) mass is 192 g/mol. The van der Waals surface area contributed by atoms with Gasteiger partial charge in [-0.25, -0.2) is 4.52 Å². The van der Waals surface area contributed by atoms with Crippen molar-refractivity contribution < 1.29 is 5.11 Å². The molecule has 14 heavy (non-hydrogen) atoms. The Morgan fingerprint density at radius 3 is 3.14 bits per heavy atom. The highest BCUT2D eigenvalue weighted by Crippen LogP contribution is 2.05. The van der Waals surface area contributed by atoms with Gasteiger partial charge in [0.1, 0.15) is 0 Å². The van der Waals surface area contributed by atoms with Gasteiger partial charge in [0.15, 0.2) is 5.65 Å². The lowest BCUT2D eigenvalue weighted by atomic mass is 10.4. The van der Waals surface area contributed by atoms with Crippen LogP contribution in [0.4, 0.5) is 5.95 Å². The highest BCUT2D eigenvalue weighted by atomic mass is 16.3. The third kappa shape index (κ3) is 1.67. The van der Waals surface area contributed by atoms with E-state index in [1.165, 1.54) is 0 Å². The largest absolute Gasteiger partial charge is 0.394 e. The lowest BCUT2D eigenvalue weighted by Crippen LogP contribution is -2.20. The molecule has 5 nitrogen and oxygen atoms in total. The Morgan fingerprint density at radius 2 is 2.43 bits per heavy atom. The molecule has 0 bridgehead atoms. The van der Waals surface area contributed by atoms with Crippen LogP contribution in [0.3, 0.4) is 0 Å². The average Bonchev–Trinajstić information content (AvgIpc) is 2.59. The van der Waals surface area contributed by atoms with E-state index in [-0.39, 0.29) is 12.6 Å². The molecular weight excluding hydrogens is 180 g/mol. The van der Waals surface area contributed by atoms with Crippen molar-refractivity contribution in [2.24, 2.45) is 0 Å². The van der Waals surface area contributed by atoms with Crippen LogP contribution in [0.1, 0.15) is 6.92 Å². The maximum Gasteiger partial charge on any atom is 0.243 e. The van der Waals surface area contributed by atoms with Crippen molar-refractivity contribution in [3.05, 3.63) is 24.4 Å². The Hall–Kier alpha value is -1.62. The molecule has 2 aromatic heterocycles. The molecule has 0 aliphatic heterocycles. The molecular formula is C9H12N4O. The van der Waals surface area contributed by atoms with Gasteiger partial charge >= 0.3 is 0 Å². The van der Waals surface area contributed by atoms with Crippen LogP contribution in [0.2, 0.25) is 0 Å². The van der Waals surface area contributed by atoms with Crippen LogP contribution >= 0.6 is 0 Å². The van der Waals surface area contributed by atoms with Crippen LogP contribution in [0.25, 0.3) is 5.65 Å². The summed E-state index contributed by atoms with van der Waals surface area (Å²) in [4.78, 5) is 4.23. The van der Waals surface area contributed by atoms with E-state index in [2.05, 4.69) is 15.4 Å². The number of rotatable bonds is 3. The van der Waals surface area contributed by atoms with Crippen LogP contribution in [0, 0.1) is 0 Å². The quantitative estimate of drug-likeness (QED) is 0.744. The van der Waals surface area contributed by atoms with E-state index in [1.54, 1.807) is 4.52 Å². The third-order valence-electron chi connectivity index (χ3n) is 1.89. The van der Waals surface area contributed by atoms with Gasteiger partial charge < -0.3 is 10.4 Å². The van der Waals surface area contributed by atoms with E-state index >= 15 is 0 Å². The molecule has 2 rings (SSSR count). The molecule has 0 spiro atoms. The number of aromatic nitrogens is 3. The molecule has 0 aliphatic carbocycles. The van der Waals surface area contributed by atoms with Gasteiger partial charge in [-0.2, -0.15) is 4.98 Å². The lowest BCUT2D eigenvalue weighted by molar-refractivity contribution is 0.281. The summed E-state index contributed by atoms with van der Waals surface area (Å²) in [6.45, 7) is 1.93. The maximum absolute atomic E-state index is 8.85. The van der Waals surface area contributed by atoms with E-state index < -0.39 is 0 Å². The van der Waals surface area contributed by atoms with Crippen molar-refractivity contribution in [2.45, 2.75) is 13.0 Å². The van der Waals surface area contributed by atoms with Gasteiger partial charge in [-0.05, 0) is 19.1 Å². The molecule has 1 unspecified atom stereocenters. The molecule has 0 saturated heterocycles. The van der Waals surface area contributed by atoms with Crippen molar-refractivity contribution in [2.75, 3.05) is 11.9 Å². The van der Waals surface area contributed by atoms with E-state index in [0.717, 1.165) is 5.65 Å². The van der Waals surface area contributed by atoms with Gasteiger partial charge in [0.2, 0.25) is 5.95 Å². The van der Waals surface area contributed by atoms with Gasteiger partial charge in [-0.15, -0.1) is 5.10 Å².